The lowest BCUT2D eigenvalue weighted by atomic mass is 9.99. The zero-order valence-corrected chi connectivity index (χ0v) is 8.76. The molecule has 0 aromatic carbocycles. The molecular weight excluding hydrogens is 206 g/mol. The van der Waals surface area contributed by atoms with Crippen molar-refractivity contribution >= 4 is 17.4 Å². The summed E-state index contributed by atoms with van der Waals surface area (Å²) in [6, 6.07) is 1.86. The Kier molecular flexibility index (Phi) is 2.76. The Morgan fingerprint density at radius 1 is 1.56 bits per heavy atom. The molecule has 84 valence electrons. The summed E-state index contributed by atoms with van der Waals surface area (Å²) in [4.78, 5) is 16.0. The van der Waals surface area contributed by atoms with Crippen LogP contribution in [0.2, 0.25) is 0 Å². The molecule has 1 amide bonds. The van der Waals surface area contributed by atoms with Crippen molar-refractivity contribution in [2.45, 2.75) is 6.42 Å². The van der Waals surface area contributed by atoms with Gasteiger partial charge >= 0.3 is 6.09 Å². The SMILES string of the molecule is Nc1cnccc1C1=CCN(C(=O)O)CC1. The highest BCUT2D eigenvalue weighted by Gasteiger charge is 2.17. The van der Waals surface area contributed by atoms with Crippen LogP contribution in [0, 0.1) is 0 Å². The average molecular weight is 219 g/mol. The number of nitrogens with zero attached hydrogens (tertiary/aromatic N) is 2. The number of carboxylic acid groups (broad SMARTS) is 1. The molecule has 0 bridgehead atoms. The van der Waals surface area contributed by atoms with Crippen molar-refractivity contribution in [2.75, 3.05) is 18.8 Å². The Hall–Kier alpha value is -2.04. The van der Waals surface area contributed by atoms with Gasteiger partial charge in [-0.25, -0.2) is 4.79 Å². The average Bonchev–Trinajstić information content (AvgIpc) is 2.30. The standard InChI is InChI=1S/C11H13N3O2/c12-10-7-13-4-1-9(10)8-2-5-14(6-3-8)11(15)16/h1-2,4,7H,3,5-6,12H2,(H,15,16). The first kappa shape index (κ1) is 10.5. The number of hydrogen-bond acceptors (Lipinski definition) is 3. The van der Waals surface area contributed by atoms with Gasteiger partial charge in [0.2, 0.25) is 0 Å². The first-order valence-electron chi connectivity index (χ1n) is 5.05. The van der Waals surface area contributed by atoms with Gasteiger partial charge in [0.15, 0.2) is 0 Å². The normalized spacial score (nSPS) is 15.8. The first-order valence-corrected chi connectivity index (χ1v) is 5.05. The summed E-state index contributed by atoms with van der Waals surface area (Å²) in [6.45, 7) is 0.940. The molecule has 1 aliphatic rings. The third kappa shape index (κ3) is 1.98. The van der Waals surface area contributed by atoms with E-state index in [9.17, 15) is 4.79 Å². The first-order chi connectivity index (χ1) is 7.68. The molecule has 5 nitrogen and oxygen atoms in total. The monoisotopic (exact) mass is 219 g/mol. The van der Waals surface area contributed by atoms with Crippen LogP contribution in [0.25, 0.3) is 5.57 Å². The van der Waals surface area contributed by atoms with Crippen molar-refractivity contribution < 1.29 is 9.90 Å². The Bertz CT molecular complexity index is 443. The maximum Gasteiger partial charge on any atom is 0.407 e. The van der Waals surface area contributed by atoms with Crippen molar-refractivity contribution in [3.05, 3.63) is 30.1 Å². The van der Waals surface area contributed by atoms with Gasteiger partial charge in [0.25, 0.3) is 0 Å². The van der Waals surface area contributed by atoms with E-state index in [2.05, 4.69) is 4.98 Å². The topological polar surface area (TPSA) is 79.5 Å². The van der Waals surface area contributed by atoms with Crippen molar-refractivity contribution in [3.63, 3.8) is 0 Å². The predicted molar refractivity (Wildman–Crippen MR) is 60.8 cm³/mol. The predicted octanol–water partition coefficient (Wildman–Crippen LogP) is 1.43. The third-order valence-electron chi connectivity index (χ3n) is 2.68. The second-order valence-corrected chi connectivity index (χ2v) is 3.67. The van der Waals surface area contributed by atoms with Gasteiger partial charge < -0.3 is 15.7 Å². The lowest BCUT2D eigenvalue weighted by Gasteiger charge is -2.24. The summed E-state index contributed by atoms with van der Waals surface area (Å²) in [5.41, 5.74) is 8.50. The molecule has 0 spiro atoms. The van der Waals surface area contributed by atoms with Crippen LogP contribution in [0.5, 0.6) is 0 Å². The summed E-state index contributed by atoms with van der Waals surface area (Å²) in [5, 5.41) is 8.81. The molecular formula is C11H13N3O2. The number of amides is 1. The molecule has 1 aliphatic heterocycles. The fraction of sp³-hybridized carbons (Fsp3) is 0.273. The number of nitrogens with two attached hydrogens (primary N) is 1. The number of aromatic nitrogens is 1. The second kappa shape index (κ2) is 4.22. The number of pyridine rings is 1. The zero-order chi connectivity index (χ0) is 11.5. The van der Waals surface area contributed by atoms with Crippen molar-refractivity contribution in [1.29, 1.82) is 0 Å². The number of rotatable bonds is 1. The van der Waals surface area contributed by atoms with Crippen LogP contribution >= 0.6 is 0 Å². The molecule has 0 saturated heterocycles. The molecule has 0 unspecified atom stereocenters. The van der Waals surface area contributed by atoms with Crippen molar-refractivity contribution in [3.8, 4) is 0 Å². The molecule has 2 heterocycles. The highest BCUT2D eigenvalue weighted by Crippen LogP contribution is 2.25. The third-order valence-corrected chi connectivity index (χ3v) is 2.68. The van der Waals surface area contributed by atoms with E-state index in [1.54, 1.807) is 12.4 Å². The summed E-state index contributed by atoms with van der Waals surface area (Å²) in [7, 11) is 0. The second-order valence-electron chi connectivity index (χ2n) is 3.67. The molecule has 0 radical (unpaired) electrons. The molecule has 0 fully saturated rings. The smallest absolute Gasteiger partial charge is 0.407 e. The number of nitrogen functional groups attached to an aromatic ring is 1. The van der Waals surface area contributed by atoms with Gasteiger partial charge in [-0.05, 0) is 18.1 Å². The zero-order valence-electron chi connectivity index (χ0n) is 8.76. The minimum absolute atomic E-state index is 0.423. The van der Waals surface area contributed by atoms with Crippen LogP contribution < -0.4 is 5.73 Å². The van der Waals surface area contributed by atoms with Crippen molar-refractivity contribution in [1.82, 2.24) is 9.88 Å². The van der Waals surface area contributed by atoms with E-state index < -0.39 is 6.09 Å². The van der Waals surface area contributed by atoms with Crippen molar-refractivity contribution in [2.24, 2.45) is 0 Å². The van der Waals surface area contributed by atoms with E-state index in [1.165, 1.54) is 4.90 Å². The van der Waals surface area contributed by atoms with Crippen LogP contribution in [0.15, 0.2) is 24.5 Å². The van der Waals surface area contributed by atoms with Crippen LogP contribution in [0.4, 0.5) is 10.5 Å². The van der Waals surface area contributed by atoms with Gasteiger partial charge in [-0.15, -0.1) is 0 Å². The lowest BCUT2D eigenvalue weighted by Crippen LogP contribution is -2.33. The molecule has 5 heteroatoms. The van der Waals surface area contributed by atoms with Crippen LogP contribution in [-0.4, -0.2) is 34.2 Å². The lowest BCUT2D eigenvalue weighted by molar-refractivity contribution is 0.150. The summed E-state index contributed by atoms with van der Waals surface area (Å²) >= 11 is 0. The van der Waals surface area contributed by atoms with Crippen LogP contribution in [0.1, 0.15) is 12.0 Å². The molecule has 1 aromatic rings. The highest BCUT2D eigenvalue weighted by atomic mass is 16.4. The van der Waals surface area contributed by atoms with Gasteiger partial charge in [0.1, 0.15) is 0 Å². The van der Waals surface area contributed by atoms with Gasteiger partial charge in [0, 0.05) is 24.8 Å². The molecule has 3 N–H and O–H groups in total. The van der Waals surface area contributed by atoms with Crippen LogP contribution in [0.3, 0.4) is 0 Å². The highest BCUT2D eigenvalue weighted by molar-refractivity contribution is 5.76. The Labute approximate surface area is 93.2 Å². The Morgan fingerprint density at radius 3 is 2.94 bits per heavy atom. The van der Waals surface area contributed by atoms with Gasteiger partial charge in [0.05, 0.1) is 11.9 Å². The van der Waals surface area contributed by atoms with E-state index in [0.717, 1.165) is 11.1 Å². The fourth-order valence-electron chi connectivity index (χ4n) is 1.79. The van der Waals surface area contributed by atoms with Gasteiger partial charge in [-0.1, -0.05) is 6.08 Å². The molecule has 0 aliphatic carbocycles. The largest absolute Gasteiger partial charge is 0.465 e. The minimum Gasteiger partial charge on any atom is -0.465 e. The van der Waals surface area contributed by atoms with E-state index >= 15 is 0 Å². The molecule has 0 saturated carbocycles. The molecule has 1 aromatic heterocycles. The molecule has 0 atom stereocenters. The summed E-state index contributed by atoms with van der Waals surface area (Å²) in [5.74, 6) is 0. The van der Waals surface area contributed by atoms with Gasteiger partial charge in [-0.2, -0.15) is 0 Å². The molecule has 16 heavy (non-hydrogen) atoms. The minimum atomic E-state index is -0.877. The quantitative estimate of drug-likeness (QED) is 0.748. The number of carbonyl (C=O) groups is 1. The Morgan fingerprint density at radius 2 is 2.38 bits per heavy atom. The van der Waals surface area contributed by atoms with E-state index in [1.807, 2.05) is 12.1 Å². The van der Waals surface area contributed by atoms with Gasteiger partial charge in [-0.3, -0.25) is 4.98 Å². The molecule has 2 rings (SSSR count). The van der Waals surface area contributed by atoms with Crippen LogP contribution in [-0.2, 0) is 0 Å². The maximum atomic E-state index is 10.7. The summed E-state index contributed by atoms with van der Waals surface area (Å²) in [6.07, 6.45) is 5.03. The Balaban J connectivity index is 2.19. The number of hydrogen-bond donors (Lipinski definition) is 2. The van der Waals surface area contributed by atoms with E-state index in [4.69, 9.17) is 10.8 Å². The van der Waals surface area contributed by atoms with E-state index in [0.29, 0.717) is 25.2 Å². The maximum absolute atomic E-state index is 10.7. The number of anilines is 1. The fourth-order valence-corrected chi connectivity index (χ4v) is 1.79. The van der Waals surface area contributed by atoms with E-state index in [-0.39, 0.29) is 0 Å². The summed E-state index contributed by atoms with van der Waals surface area (Å²) < 4.78 is 0.